The van der Waals surface area contributed by atoms with Gasteiger partial charge in [-0.3, -0.25) is 0 Å². The molecule has 4 aliphatic rings. The van der Waals surface area contributed by atoms with Gasteiger partial charge in [0.25, 0.3) is 0 Å². The second kappa shape index (κ2) is 5.97. The smallest absolute Gasteiger partial charge is 0.217 e. The van der Waals surface area contributed by atoms with Crippen molar-refractivity contribution >= 4 is 10.0 Å². The average Bonchev–Trinajstić information content (AvgIpc) is 3.45. The molecule has 4 fully saturated rings. The third kappa shape index (κ3) is 3.20. The Bertz CT molecular complexity index is 544. The molecule has 132 valence electrons. The molecule has 2 saturated heterocycles. The van der Waals surface area contributed by atoms with E-state index in [0.29, 0.717) is 5.92 Å². The highest BCUT2D eigenvalue weighted by Gasteiger charge is 2.54. The first-order valence-corrected chi connectivity index (χ1v) is 10.8. The lowest BCUT2D eigenvalue weighted by Gasteiger charge is -2.30. The van der Waals surface area contributed by atoms with E-state index < -0.39 is 10.0 Å². The zero-order valence-corrected chi connectivity index (χ0v) is 15.1. The van der Waals surface area contributed by atoms with Gasteiger partial charge in [0.15, 0.2) is 0 Å². The van der Waals surface area contributed by atoms with Crippen LogP contribution in [0.5, 0.6) is 0 Å². The second-order valence-electron chi connectivity index (χ2n) is 8.20. The van der Waals surface area contributed by atoms with Crippen molar-refractivity contribution in [3.8, 4) is 0 Å². The van der Waals surface area contributed by atoms with Crippen LogP contribution in [-0.4, -0.2) is 68.8 Å². The number of rotatable bonds is 7. The van der Waals surface area contributed by atoms with Crippen LogP contribution >= 0.6 is 0 Å². The molecule has 5 nitrogen and oxygen atoms in total. The molecule has 4 rings (SSSR count). The van der Waals surface area contributed by atoms with Gasteiger partial charge in [-0.1, -0.05) is 6.92 Å². The first-order valence-electron chi connectivity index (χ1n) is 9.32. The Kier molecular flexibility index (Phi) is 4.23. The van der Waals surface area contributed by atoms with E-state index >= 15 is 0 Å². The van der Waals surface area contributed by atoms with E-state index in [2.05, 4.69) is 11.8 Å². The fourth-order valence-corrected chi connectivity index (χ4v) is 6.33. The van der Waals surface area contributed by atoms with Crippen LogP contribution in [0, 0.1) is 17.3 Å². The minimum Gasteiger partial charge on any atom is -0.381 e. The lowest BCUT2D eigenvalue weighted by atomic mass is 9.78. The monoisotopic (exact) mass is 342 g/mol. The molecule has 0 N–H and O–H groups in total. The lowest BCUT2D eigenvalue weighted by molar-refractivity contribution is 0.0581. The molecule has 0 aromatic carbocycles. The fraction of sp³-hybridized carbons (Fsp3) is 1.00. The molecule has 2 aliphatic heterocycles. The van der Waals surface area contributed by atoms with E-state index in [1.165, 1.54) is 12.8 Å². The highest BCUT2D eigenvalue weighted by atomic mass is 32.2. The van der Waals surface area contributed by atoms with Crippen LogP contribution in [0.25, 0.3) is 0 Å². The molecular weight excluding hydrogens is 312 g/mol. The summed E-state index contributed by atoms with van der Waals surface area (Å²) in [6, 6.07) is 0. The molecule has 2 saturated carbocycles. The quantitative estimate of drug-likeness (QED) is 0.704. The maximum atomic E-state index is 12.6. The normalized spacial score (nSPS) is 36.3. The van der Waals surface area contributed by atoms with Gasteiger partial charge in [0.05, 0.1) is 11.9 Å². The molecule has 0 radical (unpaired) electrons. The molecule has 2 atom stereocenters. The van der Waals surface area contributed by atoms with Gasteiger partial charge in [-0.2, -0.15) is 0 Å². The van der Waals surface area contributed by atoms with Crippen molar-refractivity contribution in [1.29, 1.82) is 0 Å². The van der Waals surface area contributed by atoms with Gasteiger partial charge in [-0.05, 0) is 44.6 Å². The lowest BCUT2D eigenvalue weighted by Crippen LogP contribution is -2.39. The molecule has 0 unspecified atom stereocenters. The van der Waals surface area contributed by atoms with Crippen molar-refractivity contribution in [3.63, 3.8) is 0 Å². The zero-order chi connectivity index (χ0) is 16.1. The highest BCUT2D eigenvalue weighted by molar-refractivity contribution is 7.90. The Morgan fingerprint density at radius 3 is 2.57 bits per heavy atom. The SMILES string of the molecule is CCN1C[C@H](COCC2CC2)[C@@]2(CCN(S(=O)(=O)C3CC3)C2)C1. The molecular formula is C17H30N2O3S. The fourth-order valence-electron chi connectivity index (χ4n) is 4.39. The Labute approximate surface area is 140 Å². The predicted octanol–water partition coefficient (Wildman–Crippen LogP) is 1.55. The van der Waals surface area contributed by atoms with E-state index in [-0.39, 0.29) is 10.7 Å². The van der Waals surface area contributed by atoms with Crippen molar-refractivity contribution in [3.05, 3.63) is 0 Å². The Morgan fingerprint density at radius 2 is 1.91 bits per heavy atom. The Hall–Kier alpha value is -0.170. The minimum absolute atomic E-state index is 0.0779. The number of hydrogen-bond donors (Lipinski definition) is 0. The molecule has 2 heterocycles. The van der Waals surface area contributed by atoms with Gasteiger partial charge in [0.2, 0.25) is 10.0 Å². The van der Waals surface area contributed by atoms with E-state index in [0.717, 1.165) is 71.1 Å². The molecule has 23 heavy (non-hydrogen) atoms. The van der Waals surface area contributed by atoms with Crippen LogP contribution in [0.1, 0.15) is 39.0 Å². The largest absolute Gasteiger partial charge is 0.381 e. The zero-order valence-electron chi connectivity index (χ0n) is 14.2. The summed E-state index contributed by atoms with van der Waals surface area (Å²) in [5, 5.41) is -0.0779. The summed E-state index contributed by atoms with van der Waals surface area (Å²) in [4.78, 5) is 2.48. The third-order valence-corrected chi connectivity index (χ3v) is 8.70. The summed E-state index contributed by atoms with van der Waals surface area (Å²) < 4.78 is 33.0. The third-order valence-electron chi connectivity index (χ3n) is 6.36. The topological polar surface area (TPSA) is 49.9 Å². The van der Waals surface area contributed by atoms with Crippen LogP contribution in [0.15, 0.2) is 0 Å². The van der Waals surface area contributed by atoms with Crippen LogP contribution in [-0.2, 0) is 14.8 Å². The number of sulfonamides is 1. The van der Waals surface area contributed by atoms with Gasteiger partial charge in [0.1, 0.15) is 0 Å². The van der Waals surface area contributed by atoms with Gasteiger partial charge in [-0.15, -0.1) is 0 Å². The van der Waals surface area contributed by atoms with E-state index in [1.807, 2.05) is 0 Å². The number of hydrogen-bond acceptors (Lipinski definition) is 4. The first kappa shape index (κ1) is 16.3. The number of likely N-dealkylation sites (tertiary alicyclic amines) is 1. The van der Waals surface area contributed by atoms with Gasteiger partial charge >= 0.3 is 0 Å². The van der Waals surface area contributed by atoms with Crippen molar-refractivity contribution in [2.75, 3.05) is 45.9 Å². The van der Waals surface area contributed by atoms with Crippen molar-refractivity contribution in [2.45, 2.75) is 44.3 Å². The predicted molar refractivity (Wildman–Crippen MR) is 89.7 cm³/mol. The molecule has 0 bridgehead atoms. The van der Waals surface area contributed by atoms with Crippen LogP contribution in [0.2, 0.25) is 0 Å². The maximum Gasteiger partial charge on any atom is 0.217 e. The number of nitrogens with zero attached hydrogens (tertiary/aromatic N) is 2. The molecule has 1 spiro atoms. The summed E-state index contributed by atoms with van der Waals surface area (Å²) in [6.45, 7) is 8.52. The molecule has 6 heteroatoms. The van der Waals surface area contributed by atoms with Gasteiger partial charge < -0.3 is 9.64 Å². The van der Waals surface area contributed by atoms with Crippen LogP contribution < -0.4 is 0 Å². The second-order valence-corrected chi connectivity index (χ2v) is 10.4. The van der Waals surface area contributed by atoms with Crippen LogP contribution in [0.4, 0.5) is 0 Å². The Balaban J connectivity index is 1.43. The standard InChI is InChI=1S/C17H30N2O3S/c1-2-18-9-15(11-22-10-14-3-4-14)17(12-18)7-8-19(13-17)23(20,21)16-5-6-16/h14-16H,2-13H2,1H3/t15-,17+/m1/s1. The first-order chi connectivity index (χ1) is 11.0. The van der Waals surface area contributed by atoms with Gasteiger partial charge in [0, 0.05) is 44.1 Å². The van der Waals surface area contributed by atoms with Crippen molar-refractivity contribution < 1.29 is 13.2 Å². The minimum atomic E-state index is -3.03. The average molecular weight is 343 g/mol. The van der Waals surface area contributed by atoms with Crippen molar-refractivity contribution in [2.24, 2.45) is 17.3 Å². The maximum absolute atomic E-state index is 12.6. The van der Waals surface area contributed by atoms with E-state index in [4.69, 9.17) is 4.74 Å². The molecule has 0 amide bonds. The Morgan fingerprint density at radius 1 is 1.13 bits per heavy atom. The molecule has 0 aromatic rings. The summed E-state index contributed by atoms with van der Waals surface area (Å²) in [5.74, 6) is 1.28. The summed E-state index contributed by atoms with van der Waals surface area (Å²) in [6.07, 6.45) is 5.38. The highest BCUT2D eigenvalue weighted by Crippen LogP contribution is 2.46. The van der Waals surface area contributed by atoms with E-state index in [1.54, 1.807) is 4.31 Å². The summed E-state index contributed by atoms with van der Waals surface area (Å²) in [7, 11) is -3.03. The molecule has 0 aromatic heterocycles. The molecule has 2 aliphatic carbocycles. The van der Waals surface area contributed by atoms with E-state index in [9.17, 15) is 8.42 Å². The van der Waals surface area contributed by atoms with Crippen LogP contribution in [0.3, 0.4) is 0 Å². The van der Waals surface area contributed by atoms with Gasteiger partial charge in [-0.25, -0.2) is 12.7 Å². The summed E-state index contributed by atoms with van der Waals surface area (Å²) in [5.41, 5.74) is 0.127. The van der Waals surface area contributed by atoms with Crippen molar-refractivity contribution in [1.82, 2.24) is 9.21 Å². The number of ether oxygens (including phenoxy) is 1. The summed E-state index contributed by atoms with van der Waals surface area (Å²) >= 11 is 0.